The summed E-state index contributed by atoms with van der Waals surface area (Å²) in [4.78, 5) is 11.9. The zero-order valence-corrected chi connectivity index (χ0v) is 14.7. The molecule has 0 saturated carbocycles. The molecule has 0 aliphatic carbocycles. The van der Waals surface area contributed by atoms with Crippen LogP contribution in [0.2, 0.25) is 0 Å². The van der Waals surface area contributed by atoms with E-state index in [1.165, 1.54) is 11.4 Å². The zero-order valence-electron chi connectivity index (χ0n) is 12.3. The molecule has 0 radical (unpaired) electrons. The molecule has 0 saturated heterocycles. The van der Waals surface area contributed by atoms with Crippen molar-refractivity contribution in [3.8, 4) is 0 Å². The molecular weight excluding hydrogens is 382 g/mol. The smallest absolute Gasteiger partial charge is 0.337 e. The number of anilines is 1. The lowest BCUT2D eigenvalue weighted by molar-refractivity contribution is 0.0601. The lowest BCUT2D eigenvalue weighted by Gasteiger charge is -2.20. The summed E-state index contributed by atoms with van der Waals surface area (Å²) >= 11 is 3.30. The largest absolute Gasteiger partial charge is 0.465 e. The molecule has 23 heavy (non-hydrogen) atoms. The summed E-state index contributed by atoms with van der Waals surface area (Å²) in [6.45, 7) is 0.359. The summed E-state index contributed by atoms with van der Waals surface area (Å²) < 4.78 is 32.6. The van der Waals surface area contributed by atoms with Gasteiger partial charge >= 0.3 is 5.97 Å². The molecule has 1 aliphatic heterocycles. The molecule has 2 aromatic rings. The molecule has 0 aromatic heterocycles. The fourth-order valence-electron chi connectivity index (χ4n) is 2.58. The molecule has 0 atom stereocenters. The number of rotatable bonds is 3. The monoisotopic (exact) mass is 395 g/mol. The Morgan fingerprint density at radius 3 is 2.52 bits per heavy atom. The molecule has 0 spiro atoms. The van der Waals surface area contributed by atoms with Crippen LogP contribution in [0.1, 0.15) is 15.9 Å². The molecule has 0 unspecified atom stereocenters. The zero-order chi connectivity index (χ0) is 16.6. The second-order valence-corrected chi connectivity index (χ2v) is 7.89. The van der Waals surface area contributed by atoms with Crippen LogP contribution in [0.3, 0.4) is 0 Å². The normalized spacial score (nSPS) is 13.7. The summed E-state index contributed by atoms with van der Waals surface area (Å²) in [5.41, 5.74) is 1.78. The van der Waals surface area contributed by atoms with Crippen LogP contribution in [0, 0.1) is 0 Å². The van der Waals surface area contributed by atoms with Gasteiger partial charge in [-0.2, -0.15) is 0 Å². The molecular formula is C16H14BrNO4S. The molecule has 7 heteroatoms. The van der Waals surface area contributed by atoms with Gasteiger partial charge < -0.3 is 4.74 Å². The van der Waals surface area contributed by atoms with Gasteiger partial charge in [-0.15, -0.1) is 0 Å². The maximum absolute atomic E-state index is 12.9. The van der Waals surface area contributed by atoms with Crippen molar-refractivity contribution in [2.24, 2.45) is 0 Å². The van der Waals surface area contributed by atoms with Crippen LogP contribution in [-0.4, -0.2) is 28.0 Å². The number of hydrogen-bond donors (Lipinski definition) is 0. The van der Waals surface area contributed by atoms with E-state index < -0.39 is 16.0 Å². The van der Waals surface area contributed by atoms with Gasteiger partial charge in [-0.3, -0.25) is 4.31 Å². The lowest BCUT2D eigenvalue weighted by atomic mass is 10.1. The first-order chi connectivity index (χ1) is 10.9. The predicted octanol–water partition coefficient (Wildman–Crippen LogP) is 2.99. The highest BCUT2D eigenvalue weighted by atomic mass is 79.9. The number of nitrogens with zero attached hydrogens (tertiary/aromatic N) is 1. The number of carbonyl (C=O) groups excluding carboxylic acids is 1. The molecule has 0 N–H and O–H groups in total. The topological polar surface area (TPSA) is 63.7 Å². The number of methoxy groups -OCH3 is 1. The van der Waals surface area contributed by atoms with E-state index in [2.05, 4.69) is 15.9 Å². The Balaban J connectivity index is 2.04. The molecule has 120 valence electrons. The average Bonchev–Trinajstić information content (AvgIpc) is 2.98. The molecule has 1 aliphatic rings. The number of sulfonamides is 1. The number of carbonyl (C=O) groups is 1. The molecule has 5 nitrogen and oxygen atoms in total. The summed E-state index contributed by atoms with van der Waals surface area (Å²) in [6, 6.07) is 11.5. The van der Waals surface area contributed by atoms with Crippen LogP contribution < -0.4 is 4.31 Å². The van der Waals surface area contributed by atoms with Gasteiger partial charge in [-0.05, 0) is 48.4 Å². The Labute approximate surface area is 143 Å². The van der Waals surface area contributed by atoms with Crippen molar-refractivity contribution in [2.75, 3.05) is 18.0 Å². The van der Waals surface area contributed by atoms with Crippen molar-refractivity contribution in [1.82, 2.24) is 0 Å². The van der Waals surface area contributed by atoms with E-state index in [0.29, 0.717) is 24.2 Å². The fourth-order valence-corrected chi connectivity index (χ4v) is 4.34. The maximum atomic E-state index is 12.9. The number of benzene rings is 2. The third kappa shape index (κ3) is 2.86. The van der Waals surface area contributed by atoms with Crippen molar-refractivity contribution in [1.29, 1.82) is 0 Å². The van der Waals surface area contributed by atoms with E-state index in [1.807, 2.05) is 0 Å². The molecule has 3 rings (SSSR count). The van der Waals surface area contributed by atoms with Gasteiger partial charge in [0.25, 0.3) is 10.0 Å². The maximum Gasteiger partial charge on any atom is 0.337 e. The van der Waals surface area contributed by atoms with Crippen molar-refractivity contribution < 1.29 is 17.9 Å². The van der Waals surface area contributed by atoms with E-state index in [4.69, 9.17) is 4.74 Å². The Bertz CT molecular complexity index is 862. The van der Waals surface area contributed by atoms with E-state index in [9.17, 15) is 13.2 Å². The van der Waals surface area contributed by atoms with Gasteiger partial charge in [-0.25, -0.2) is 13.2 Å². The van der Waals surface area contributed by atoms with Crippen molar-refractivity contribution in [3.63, 3.8) is 0 Å². The van der Waals surface area contributed by atoms with Gasteiger partial charge in [0.15, 0.2) is 0 Å². The summed E-state index contributed by atoms with van der Waals surface area (Å²) in [7, 11) is -2.36. The number of esters is 1. The standard InChI is InChI=1S/C16H14BrNO4S/c1-22-16(19)12-3-2-11-8-9-18(15(11)10-12)23(20,21)14-6-4-13(17)5-7-14/h2-7,10H,8-9H2,1H3. The van der Waals surface area contributed by atoms with Crippen LogP contribution >= 0.6 is 15.9 Å². The minimum absolute atomic E-state index is 0.219. The van der Waals surface area contributed by atoms with Gasteiger partial charge in [0.1, 0.15) is 0 Å². The number of halogens is 1. The van der Waals surface area contributed by atoms with Gasteiger partial charge in [0.05, 0.1) is 23.3 Å². The SMILES string of the molecule is COC(=O)c1ccc2c(c1)N(S(=O)(=O)c1ccc(Br)cc1)CC2. The van der Waals surface area contributed by atoms with Gasteiger partial charge in [0.2, 0.25) is 0 Å². The third-order valence-electron chi connectivity index (χ3n) is 3.76. The number of ether oxygens (including phenoxy) is 1. The highest BCUT2D eigenvalue weighted by Gasteiger charge is 2.31. The first-order valence-corrected chi connectivity index (χ1v) is 9.16. The number of fused-ring (bicyclic) bond motifs is 1. The van der Waals surface area contributed by atoms with Crippen LogP contribution in [-0.2, 0) is 21.2 Å². The van der Waals surface area contributed by atoms with Crippen molar-refractivity contribution in [3.05, 3.63) is 58.1 Å². The van der Waals surface area contributed by atoms with E-state index in [0.717, 1.165) is 10.0 Å². The van der Waals surface area contributed by atoms with Gasteiger partial charge in [-0.1, -0.05) is 22.0 Å². The molecule has 0 amide bonds. The average molecular weight is 396 g/mol. The first kappa shape index (κ1) is 16.0. The molecule has 0 fully saturated rings. The second-order valence-electron chi connectivity index (χ2n) is 5.12. The molecule has 0 bridgehead atoms. The lowest BCUT2D eigenvalue weighted by Crippen LogP contribution is -2.29. The molecule has 1 heterocycles. The summed E-state index contributed by atoms with van der Waals surface area (Å²) in [5.74, 6) is -0.485. The number of hydrogen-bond acceptors (Lipinski definition) is 4. The summed E-state index contributed by atoms with van der Waals surface area (Å²) in [6.07, 6.45) is 0.618. The molecule has 2 aromatic carbocycles. The summed E-state index contributed by atoms with van der Waals surface area (Å²) in [5, 5.41) is 0. The minimum Gasteiger partial charge on any atom is -0.465 e. The van der Waals surface area contributed by atoms with Crippen molar-refractivity contribution in [2.45, 2.75) is 11.3 Å². The van der Waals surface area contributed by atoms with E-state index in [1.54, 1.807) is 42.5 Å². The quantitative estimate of drug-likeness (QED) is 0.749. The fraction of sp³-hybridized carbons (Fsp3) is 0.188. The van der Waals surface area contributed by atoms with Crippen LogP contribution in [0.4, 0.5) is 5.69 Å². The van der Waals surface area contributed by atoms with Crippen LogP contribution in [0.5, 0.6) is 0 Å². The predicted molar refractivity (Wildman–Crippen MR) is 90.2 cm³/mol. The Hall–Kier alpha value is -1.86. The minimum atomic E-state index is -3.66. The van der Waals surface area contributed by atoms with E-state index in [-0.39, 0.29) is 4.90 Å². The second kappa shape index (κ2) is 5.98. The Morgan fingerprint density at radius 2 is 1.87 bits per heavy atom. The van der Waals surface area contributed by atoms with Gasteiger partial charge in [0, 0.05) is 11.0 Å². The first-order valence-electron chi connectivity index (χ1n) is 6.93. The Morgan fingerprint density at radius 1 is 1.17 bits per heavy atom. The Kier molecular flexibility index (Phi) is 4.16. The van der Waals surface area contributed by atoms with Crippen LogP contribution in [0.15, 0.2) is 51.8 Å². The highest BCUT2D eigenvalue weighted by Crippen LogP contribution is 2.34. The van der Waals surface area contributed by atoms with E-state index >= 15 is 0 Å². The van der Waals surface area contributed by atoms with Crippen molar-refractivity contribution >= 4 is 37.6 Å². The third-order valence-corrected chi connectivity index (χ3v) is 6.12. The van der Waals surface area contributed by atoms with Crippen LogP contribution in [0.25, 0.3) is 0 Å². The highest BCUT2D eigenvalue weighted by molar-refractivity contribution is 9.10.